The Morgan fingerprint density at radius 3 is 2.62 bits per heavy atom. The molecule has 1 aromatic heterocycles. The fraction of sp³-hybridized carbons (Fsp3) is 0.429. The van der Waals surface area contributed by atoms with Crippen molar-refractivity contribution in [2.45, 2.75) is 38.4 Å². The van der Waals surface area contributed by atoms with Crippen molar-refractivity contribution in [3.63, 3.8) is 0 Å². The molecule has 0 bridgehead atoms. The van der Waals surface area contributed by atoms with Crippen molar-refractivity contribution in [1.29, 1.82) is 0 Å². The zero-order valence-corrected chi connectivity index (χ0v) is 15.9. The molecular formula is C21H28N4O. The number of hydrogen-bond acceptors (Lipinski definition) is 3. The molecule has 2 aromatic rings. The lowest BCUT2D eigenvalue weighted by atomic mass is 10.0. The van der Waals surface area contributed by atoms with E-state index in [0.717, 1.165) is 18.4 Å². The average Bonchev–Trinajstić information content (AvgIpc) is 3.46. The van der Waals surface area contributed by atoms with Gasteiger partial charge in [0.05, 0.1) is 6.04 Å². The van der Waals surface area contributed by atoms with Crippen molar-refractivity contribution >= 4 is 6.03 Å². The van der Waals surface area contributed by atoms with Gasteiger partial charge in [-0.3, -0.25) is 4.98 Å². The number of carbonyl (C=O) groups is 1. The van der Waals surface area contributed by atoms with Crippen LogP contribution in [0, 0.1) is 6.92 Å². The molecule has 1 N–H and O–H groups in total. The molecule has 1 fully saturated rings. The Morgan fingerprint density at radius 1 is 1.23 bits per heavy atom. The Hall–Kier alpha value is -2.40. The van der Waals surface area contributed by atoms with Gasteiger partial charge in [-0.05, 0) is 56.6 Å². The molecule has 26 heavy (non-hydrogen) atoms. The lowest BCUT2D eigenvalue weighted by Gasteiger charge is -2.29. The molecule has 5 nitrogen and oxygen atoms in total. The lowest BCUT2D eigenvalue weighted by Crippen LogP contribution is -2.44. The van der Waals surface area contributed by atoms with Gasteiger partial charge in [0.25, 0.3) is 0 Å². The van der Waals surface area contributed by atoms with E-state index in [1.54, 1.807) is 6.20 Å². The summed E-state index contributed by atoms with van der Waals surface area (Å²) >= 11 is 0. The number of pyridine rings is 1. The van der Waals surface area contributed by atoms with Gasteiger partial charge in [-0.1, -0.05) is 30.3 Å². The van der Waals surface area contributed by atoms with Crippen LogP contribution in [0.5, 0.6) is 0 Å². The number of aryl methyl sites for hydroxylation is 1. The van der Waals surface area contributed by atoms with Gasteiger partial charge in [0, 0.05) is 31.5 Å². The largest absolute Gasteiger partial charge is 0.336 e. The molecule has 1 unspecified atom stereocenters. The maximum atomic E-state index is 12.8. The number of nitrogens with zero attached hydrogens (tertiary/aromatic N) is 3. The minimum absolute atomic E-state index is 0.0109. The zero-order valence-electron chi connectivity index (χ0n) is 15.9. The van der Waals surface area contributed by atoms with Crippen LogP contribution in [0.2, 0.25) is 0 Å². The Labute approximate surface area is 156 Å². The van der Waals surface area contributed by atoms with Crippen molar-refractivity contribution in [2.24, 2.45) is 0 Å². The number of rotatable bonds is 7. The summed E-state index contributed by atoms with van der Waals surface area (Å²) in [6.45, 7) is 3.32. The van der Waals surface area contributed by atoms with Crippen LogP contribution in [-0.2, 0) is 6.54 Å². The highest BCUT2D eigenvalue weighted by Crippen LogP contribution is 2.28. The number of hydrogen-bond donors (Lipinski definition) is 1. The molecule has 2 amide bonds. The SMILES string of the molecule is Cc1ccccc1C(CNC(=O)N(Cc1cccnc1)C1CC1)N(C)C. The molecule has 0 saturated heterocycles. The molecule has 1 aliphatic carbocycles. The van der Waals surface area contributed by atoms with Crippen LogP contribution in [-0.4, -0.2) is 47.5 Å². The summed E-state index contributed by atoms with van der Waals surface area (Å²) < 4.78 is 0. The topological polar surface area (TPSA) is 48.5 Å². The molecule has 1 atom stereocenters. The predicted molar refractivity (Wildman–Crippen MR) is 104 cm³/mol. The Bertz CT molecular complexity index is 728. The van der Waals surface area contributed by atoms with Crippen LogP contribution in [0.1, 0.15) is 35.6 Å². The smallest absolute Gasteiger partial charge is 0.318 e. The number of likely N-dealkylation sites (N-methyl/N-ethyl adjacent to an activating group) is 1. The Balaban J connectivity index is 1.66. The van der Waals surface area contributed by atoms with Crippen LogP contribution in [0.3, 0.4) is 0 Å². The summed E-state index contributed by atoms with van der Waals surface area (Å²) in [4.78, 5) is 21.1. The van der Waals surface area contributed by atoms with Gasteiger partial charge in [0.15, 0.2) is 0 Å². The van der Waals surface area contributed by atoms with E-state index in [0.29, 0.717) is 19.1 Å². The molecular weight excluding hydrogens is 324 g/mol. The van der Waals surface area contributed by atoms with Crippen molar-refractivity contribution in [1.82, 2.24) is 20.1 Å². The van der Waals surface area contributed by atoms with Crippen molar-refractivity contribution < 1.29 is 4.79 Å². The third-order valence-corrected chi connectivity index (χ3v) is 4.94. The summed E-state index contributed by atoms with van der Waals surface area (Å²) in [6.07, 6.45) is 5.76. The summed E-state index contributed by atoms with van der Waals surface area (Å²) in [5.74, 6) is 0. The van der Waals surface area contributed by atoms with Crippen molar-refractivity contribution in [3.05, 3.63) is 65.5 Å². The van der Waals surface area contributed by atoms with Crippen LogP contribution in [0.25, 0.3) is 0 Å². The van der Waals surface area contributed by atoms with E-state index >= 15 is 0 Å². The third-order valence-electron chi connectivity index (χ3n) is 4.94. The molecule has 138 valence electrons. The average molecular weight is 352 g/mol. The molecule has 0 spiro atoms. The molecule has 1 aromatic carbocycles. The fourth-order valence-corrected chi connectivity index (χ4v) is 3.26. The van der Waals surface area contributed by atoms with Gasteiger partial charge in [0.1, 0.15) is 0 Å². The van der Waals surface area contributed by atoms with E-state index < -0.39 is 0 Å². The number of aromatic nitrogens is 1. The Kier molecular flexibility index (Phi) is 5.89. The molecule has 1 saturated carbocycles. The molecule has 1 aliphatic rings. The highest BCUT2D eigenvalue weighted by atomic mass is 16.2. The van der Waals surface area contributed by atoms with E-state index in [1.165, 1.54) is 11.1 Å². The fourth-order valence-electron chi connectivity index (χ4n) is 3.26. The quantitative estimate of drug-likeness (QED) is 0.831. The highest BCUT2D eigenvalue weighted by Gasteiger charge is 2.33. The maximum absolute atomic E-state index is 12.8. The van der Waals surface area contributed by atoms with Gasteiger partial charge in [-0.15, -0.1) is 0 Å². The van der Waals surface area contributed by atoms with E-state index in [-0.39, 0.29) is 12.1 Å². The second-order valence-electron chi connectivity index (χ2n) is 7.24. The van der Waals surface area contributed by atoms with E-state index in [9.17, 15) is 4.79 Å². The summed E-state index contributed by atoms with van der Waals surface area (Å²) in [6, 6.07) is 12.8. The minimum Gasteiger partial charge on any atom is -0.336 e. The Morgan fingerprint density at radius 2 is 2.00 bits per heavy atom. The first-order valence-electron chi connectivity index (χ1n) is 9.21. The standard InChI is InChI=1S/C21H28N4O/c1-16-7-4-5-9-19(16)20(24(2)3)14-23-21(26)25(18-10-11-18)15-17-8-6-12-22-13-17/h4-9,12-13,18,20H,10-11,14-15H2,1-3H3,(H,23,26). The van der Waals surface area contributed by atoms with Gasteiger partial charge in [-0.2, -0.15) is 0 Å². The van der Waals surface area contributed by atoms with Crippen LogP contribution in [0.15, 0.2) is 48.8 Å². The summed E-state index contributed by atoms with van der Waals surface area (Å²) in [5, 5.41) is 3.16. The first kappa shape index (κ1) is 18.4. The van der Waals surface area contributed by atoms with Gasteiger partial charge in [-0.25, -0.2) is 4.79 Å². The second kappa shape index (κ2) is 8.32. The molecule has 1 heterocycles. The number of benzene rings is 1. The van der Waals surface area contributed by atoms with Crippen molar-refractivity contribution in [3.8, 4) is 0 Å². The number of carbonyl (C=O) groups excluding carboxylic acids is 1. The molecule has 0 radical (unpaired) electrons. The van der Waals surface area contributed by atoms with E-state index in [4.69, 9.17) is 0 Å². The van der Waals surface area contributed by atoms with Crippen LogP contribution >= 0.6 is 0 Å². The van der Waals surface area contributed by atoms with Gasteiger partial charge < -0.3 is 15.1 Å². The number of urea groups is 1. The van der Waals surface area contributed by atoms with Gasteiger partial charge >= 0.3 is 6.03 Å². The minimum atomic E-state index is 0.0109. The zero-order chi connectivity index (χ0) is 18.5. The maximum Gasteiger partial charge on any atom is 0.318 e. The molecule has 0 aliphatic heterocycles. The summed E-state index contributed by atoms with van der Waals surface area (Å²) in [7, 11) is 4.11. The number of amides is 2. The first-order valence-corrected chi connectivity index (χ1v) is 9.21. The monoisotopic (exact) mass is 352 g/mol. The molecule has 3 rings (SSSR count). The van der Waals surface area contributed by atoms with E-state index in [2.05, 4.69) is 54.4 Å². The van der Waals surface area contributed by atoms with Crippen LogP contribution < -0.4 is 5.32 Å². The first-order chi connectivity index (χ1) is 12.6. The lowest BCUT2D eigenvalue weighted by molar-refractivity contribution is 0.186. The number of nitrogens with one attached hydrogen (secondary N) is 1. The normalized spacial score (nSPS) is 14.9. The molecule has 5 heteroatoms. The van der Waals surface area contributed by atoms with Crippen LogP contribution in [0.4, 0.5) is 4.79 Å². The predicted octanol–water partition coefficient (Wildman–Crippen LogP) is 3.37. The third kappa shape index (κ3) is 4.61. The van der Waals surface area contributed by atoms with Gasteiger partial charge in [0.2, 0.25) is 0 Å². The van der Waals surface area contributed by atoms with Crippen molar-refractivity contribution in [2.75, 3.05) is 20.6 Å². The summed E-state index contributed by atoms with van der Waals surface area (Å²) in [5.41, 5.74) is 3.57. The highest BCUT2D eigenvalue weighted by molar-refractivity contribution is 5.75. The second-order valence-corrected chi connectivity index (χ2v) is 7.24. The van der Waals surface area contributed by atoms with E-state index in [1.807, 2.05) is 29.3 Å².